The molecule has 1 aliphatic rings. The molecule has 1 fully saturated rings. The van der Waals surface area contributed by atoms with Gasteiger partial charge in [0.05, 0.1) is 6.16 Å². The van der Waals surface area contributed by atoms with Crippen LogP contribution in [0.15, 0.2) is 0 Å². The molecule has 1 aliphatic carbocycles. The Morgan fingerprint density at radius 2 is 1.94 bits per heavy atom. The molecular formula is C10H20NO5P. The summed E-state index contributed by atoms with van der Waals surface area (Å²) in [5, 5.41) is 8.72. The van der Waals surface area contributed by atoms with Crippen LogP contribution in [-0.2, 0) is 9.36 Å². The van der Waals surface area contributed by atoms with Gasteiger partial charge in [-0.3, -0.25) is 9.36 Å². The maximum absolute atomic E-state index is 10.9. The molecule has 1 saturated carbocycles. The molecule has 7 heteroatoms. The molecule has 6 nitrogen and oxygen atoms in total. The lowest BCUT2D eigenvalue weighted by Crippen LogP contribution is -2.34. The summed E-state index contributed by atoms with van der Waals surface area (Å²) in [6.45, 7) is 0. The van der Waals surface area contributed by atoms with Crippen molar-refractivity contribution in [3.8, 4) is 0 Å². The van der Waals surface area contributed by atoms with Crippen LogP contribution in [0.1, 0.15) is 32.1 Å². The average Bonchev–Trinajstić information content (AvgIpc) is 2.15. The molecule has 17 heavy (non-hydrogen) atoms. The molecule has 3 atom stereocenters. The lowest BCUT2D eigenvalue weighted by molar-refractivity contribution is -0.139. The van der Waals surface area contributed by atoms with Crippen LogP contribution in [-0.4, -0.2) is 33.1 Å². The zero-order valence-electron chi connectivity index (χ0n) is 9.66. The Hall–Kier alpha value is -0.420. The van der Waals surface area contributed by atoms with Crippen molar-refractivity contribution < 1.29 is 24.3 Å². The molecule has 0 bridgehead atoms. The summed E-state index contributed by atoms with van der Waals surface area (Å²) in [6, 6.07) is -0.867. The number of rotatable bonds is 5. The van der Waals surface area contributed by atoms with Gasteiger partial charge in [0.1, 0.15) is 6.04 Å². The van der Waals surface area contributed by atoms with Crippen LogP contribution in [0.2, 0.25) is 0 Å². The standard InChI is InChI=1S/C10H20NO5P/c11-9(10(12)13)5-7-2-1-3-8(4-7)6-17(14,15)16/h7-9H,1-6,11H2,(H,12,13)(H2,14,15,16)/t7?,8?,9-/m0/s1. The first-order chi connectivity index (χ1) is 7.78. The number of aliphatic carboxylic acids is 1. The first-order valence-electron chi connectivity index (χ1n) is 5.81. The zero-order valence-corrected chi connectivity index (χ0v) is 10.6. The molecule has 5 N–H and O–H groups in total. The third-order valence-electron chi connectivity index (χ3n) is 3.29. The van der Waals surface area contributed by atoms with Gasteiger partial charge in [0.15, 0.2) is 0 Å². The highest BCUT2D eigenvalue weighted by atomic mass is 31.2. The van der Waals surface area contributed by atoms with E-state index < -0.39 is 19.6 Å². The van der Waals surface area contributed by atoms with Gasteiger partial charge in [-0.1, -0.05) is 12.8 Å². The normalized spacial score (nSPS) is 27.7. The highest BCUT2D eigenvalue weighted by Gasteiger charge is 2.29. The van der Waals surface area contributed by atoms with Gasteiger partial charge in [-0.25, -0.2) is 0 Å². The quantitative estimate of drug-likeness (QED) is 0.545. The monoisotopic (exact) mass is 265 g/mol. The fraction of sp³-hybridized carbons (Fsp3) is 0.900. The second-order valence-corrected chi connectivity index (χ2v) is 6.62. The van der Waals surface area contributed by atoms with E-state index in [-0.39, 0.29) is 18.0 Å². The number of nitrogens with two attached hydrogens (primary N) is 1. The van der Waals surface area contributed by atoms with Gasteiger partial charge in [-0.05, 0) is 31.1 Å². The topological polar surface area (TPSA) is 121 Å². The van der Waals surface area contributed by atoms with E-state index in [1.54, 1.807) is 0 Å². The molecule has 0 radical (unpaired) electrons. The van der Waals surface area contributed by atoms with Crippen LogP contribution in [0, 0.1) is 11.8 Å². The smallest absolute Gasteiger partial charge is 0.325 e. The van der Waals surface area contributed by atoms with Crippen LogP contribution in [0.5, 0.6) is 0 Å². The minimum absolute atomic E-state index is 0.00409. The summed E-state index contributed by atoms with van der Waals surface area (Å²) in [7, 11) is -3.96. The predicted molar refractivity (Wildman–Crippen MR) is 62.6 cm³/mol. The van der Waals surface area contributed by atoms with E-state index in [2.05, 4.69) is 0 Å². The molecule has 0 amide bonds. The van der Waals surface area contributed by atoms with E-state index in [4.69, 9.17) is 20.6 Å². The molecule has 1 rings (SSSR count). The van der Waals surface area contributed by atoms with Crippen molar-refractivity contribution in [2.45, 2.75) is 38.1 Å². The Balaban J connectivity index is 2.44. The number of hydrogen-bond donors (Lipinski definition) is 4. The van der Waals surface area contributed by atoms with Gasteiger partial charge in [-0.2, -0.15) is 0 Å². The van der Waals surface area contributed by atoms with E-state index in [0.717, 1.165) is 19.3 Å². The molecule has 0 saturated heterocycles. The van der Waals surface area contributed by atoms with Gasteiger partial charge in [0.25, 0.3) is 0 Å². The third kappa shape index (κ3) is 5.64. The Morgan fingerprint density at radius 1 is 1.35 bits per heavy atom. The maximum Gasteiger partial charge on any atom is 0.325 e. The molecule has 0 aromatic carbocycles. The van der Waals surface area contributed by atoms with Crippen molar-refractivity contribution in [1.29, 1.82) is 0 Å². The van der Waals surface area contributed by atoms with Crippen LogP contribution < -0.4 is 5.73 Å². The van der Waals surface area contributed by atoms with Gasteiger partial charge in [0, 0.05) is 0 Å². The van der Waals surface area contributed by atoms with Crippen LogP contribution in [0.25, 0.3) is 0 Å². The Morgan fingerprint density at radius 3 is 2.47 bits per heavy atom. The van der Waals surface area contributed by atoms with Crippen molar-refractivity contribution in [2.75, 3.05) is 6.16 Å². The lowest BCUT2D eigenvalue weighted by atomic mass is 9.79. The molecule has 100 valence electrons. The SMILES string of the molecule is N[C@@H](CC1CCCC(CP(=O)(O)O)C1)C(=O)O. The number of hydrogen-bond acceptors (Lipinski definition) is 3. The first-order valence-corrected chi connectivity index (χ1v) is 7.60. The van der Waals surface area contributed by atoms with Crippen molar-refractivity contribution in [2.24, 2.45) is 17.6 Å². The summed E-state index contributed by atoms with van der Waals surface area (Å²) >= 11 is 0. The fourth-order valence-corrected chi connectivity index (χ4v) is 3.58. The van der Waals surface area contributed by atoms with Gasteiger partial charge < -0.3 is 20.6 Å². The second-order valence-electron chi connectivity index (χ2n) is 4.93. The summed E-state index contributed by atoms with van der Waals surface area (Å²) in [4.78, 5) is 28.5. The van der Waals surface area contributed by atoms with Crippen LogP contribution in [0.3, 0.4) is 0 Å². The van der Waals surface area contributed by atoms with Crippen LogP contribution in [0.4, 0.5) is 0 Å². The Bertz CT molecular complexity index is 316. The van der Waals surface area contributed by atoms with E-state index in [0.29, 0.717) is 12.8 Å². The summed E-state index contributed by atoms with van der Waals surface area (Å²) in [6.07, 6.45) is 3.58. The zero-order chi connectivity index (χ0) is 13.1. The van der Waals surface area contributed by atoms with E-state index in [1.807, 2.05) is 0 Å². The Kier molecular flexibility index (Phi) is 5.13. The molecule has 0 aliphatic heterocycles. The molecule has 0 aromatic rings. The summed E-state index contributed by atoms with van der Waals surface area (Å²) < 4.78 is 10.9. The van der Waals surface area contributed by atoms with Gasteiger partial charge in [-0.15, -0.1) is 0 Å². The van der Waals surface area contributed by atoms with E-state index in [1.165, 1.54) is 0 Å². The number of carboxylic acids is 1. The predicted octanol–water partition coefficient (Wildman–Crippen LogP) is 0.772. The number of carboxylic acid groups (broad SMARTS) is 1. The minimum Gasteiger partial charge on any atom is -0.480 e. The van der Waals surface area contributed by atoms with Crippen LogP contribution >= 0.6 is 7.60 Å². The fourth-order valence-electron chi connectivity index (χ4n) is 2.58. The van der Waals surface area contributed by atoms with E-state index in [9.17, 15) is 9.36 Å². The summed E-state index contributed by atoms with van der Waals surface area (Å²) in [5.74, 6) is -0.843. The lowest BCUT2D eigenvalue weighted by Gasteiger charge is -2.30. The average molecular weight is 265 g/mol. The Labute approximate surface area is 100 Å². The van der Waals surface area contributed by atoms with Crippen molar-refractivity contribution in [1.82, 2.24) is 0 Å². The molecule has 2 unspecified atom stereocenters. The van der Waals surface area contributed by atoms with Gasteiger partial charge >= 0.3 is 13.6 Å². The molecule has 0 spiro atoms. The highest BCUT2D eigenvalue weighted by Crippen LogP contribution is 2.43. The van der Waals surface area contributed by atoms with Crippen molar-refractivity contribution in [3.05, 3.63) is 0 Å². The molecule has 0 aromatic heterocycles. The van der Waals surface area contributed by atoms with Gasteiger partial charge in [0.2, 0.25) is 0 Å². The largest absolute Gasteiger partial charge is 0.480 e. The van der Waals surface area contributed by atoms with Crippen molar-refractivity contribution in [3.63, 3.8) is 0 Å². The summed E-state index contributed by atoms with van der Waals surface area (Å²) in [5.41, 5.74) is 5.47. The number of carbonyl (C=O) groups is 1. The first kappa shape index (κ1) is 14.6. The third-order valence-corrected chi connectivity index (χ3v) is 4.28. The maximum atomic E-state index is 10.9. The minimum atomic E-state index is -3.96. The van der Waals surface area contributed by atoms with Crippen molar-refractivity contribution >= 4 is 13.6 Å². The second kappa shape index (κ2) is 5.96. The molecule has 0 heterocycles. The highest BCUT2D eigenvalue weighted by molar-refractivity contribution is 7.51. The molecular weight excluding hydrogens is 245 g/mol. The van der Waals surface area contributed by atoms with E-state index >= 15 is 0 Å².